The molecule has 4 nitrogen and oxygen atoms in total. The molecule has 1 amide bonds. The number of benzene rings is 2. The van der Waals surface area contributed by atoms with Gasteiger partial charge in [0.05, 0.1) is 12.6 Å². The van der Waals surface area contributed by atoms with Gasteiger partial charge in [-0.05, 0) is 43.3 Å². The number of furan rings is 1. The second-order valence-corrected chi connectivity index (χ2v) is 6.25. The van der Waals surface area contributed by atoms with Crippen molar-refractivity contribution in [1.29, 1.82) is 0 Å². The van der Waals surface area contributed by atoms with Crippen molar-refractivity contribution in [3.63, 3.8) is 0 Å². The molecule has 2 N–H and O–H groups in total. The third-order valence-electron chi connectivity index (χ3n) is 3.55. The molecular formula is C18H17BrN2O2. The summed E-state index contributed by atoms with van der Waals surface area (Å²) >= 11 is 3.38. The third-order valence-corrected chi connectivity index (χ3v) is 4.07. The molecule has 118 valence electrons. The van der Waals surface area contributed by atoms with Crippen molar-refractivity contribution in [1.82, 2.24) is 5.32 Å². The quantitative estimate of drug-likeness (QED) is 0.693. The minimum Gasteiger partial charge on any atom is -0.459 e. The highest BCUT2D eigenvalue weighted by Gasteiger charge is 2.13. The first-order valence-electron chi connectivity index (χ1n) is 7.39. The summed E-state index contributed by atoms with van der Waals surface area (Å²) in [6, 6.07) is 17.3. The number of amides is 1. The minimum absolute atomic E-state index is 0.0825. The van der Waals surface area contributed by atoms with Gasteiger partial charge in [0.1, 0.15) is 11.3 Å². The van der Waals surface area contributed by atoms with E-state index in [0.717, 1.165) is 26.9 Å². The molecule has 3 aromatic rings. The van der Waals surface area contributed by atoms with Crippen molar-refractivity contribution in [2.24, 2.45) is 0 Å². The van der Waals surface area contributed by atoms with Gasteiger partial charge >= 0.3 is 0 Å². The normalized spacial score (nSPS) is 12.1. The first kappa shape index (κ1) is 15.6. The van der Waals surface area contributed by atoms with Gasteiger partial charge in [0.25, 0.3) is 0 Å². The Labute approximate surface area is 143 Å². The Bertz CT molecular complexity index is 778. The largest absolute Gasteiger partial charge is 0.459 e. The van der Waals surface area contributed by atoms with E-state index in [9.17, 15) is 4.79 Å². The zero-order valence-electron chi connectivity index (χ0n) is 12.7. The second kappa shape index (κ2) is 6.87. The van der Waals surface area contributed by atoms with E-state index >= 15 is 0 Å². The number of carbonyl (C=O) groups is 1. The lowest BCUT2D eigenvalue weighted by atomic mass is 10.2. The predicted molar refractivity (Wildman–Crippen MR) is 95.4 cm³/mol. The number of fused-ring (bicyclic) bond motifs is 1. The lowest BCUT2D eigenvalue weighted by Crippen LogP contribution is -2.31. The van der Waals surface area contributed by atoms with E-state index in [1.165, 1.54) is 0 Å². The Kier molecular flexibility index (Phi) is 4.67. The Hall–Kier alpha value is -2.27. The van der Waals surface area contributed by atoms with Gasteiger partial charge in [0.15, 0.2) is 0 Å². The van der Waals surface area contributed by atoms with E-state index in [1.54, 1.807) is 0 Å². The van der Waals surface area contributed by atoms with Crippen molar-refractivity contribution in [2.75, 3.05) is 11.9 Å². The Balaban J connectivity index is 1.57. The fourth-order valence-electron chi connectivity index (χ4n) is 2.33. The van der Waals surface area contributed by atoms with Gasteiger partial charge in [-0.25, -0.2) is 0 Å². The average molecular weight is 373 g/mol. The number of hydrogen-bond donors (Lipinski definition) is 2. The molecule has 23 heavy (non-hydrogen) atoms. The van der Waals surface area contributed by atoms with Crippen LogP contribution in [0.5, 0.6) is 0 Å². The molecule has 0 radical (unpaired) electrons. The van der Waals surface area contributed by atoms with Crippen molar-refractivity contribution in [3.8, 4) is 0 Å². The second-order valence-electron chi connectivity index (χ2n) is 5.34. The molecule has 0 aliphatic heterocycles. The Morgan fingerprint density at radius 1 is 1.17 bits per heavy atom. The van der Waals surface area contributed by atoms with Crippen LogP contribution in [0.25, 0.3) is 11.0 Å². The summed E-state index contributed by atoms with van der Waals surface area (Å²) in [5, 5.41) is 7.06. The van der Waals surface area contributed by atoms with Gasteiger partial charge in [0.2, 0.25) is 5.91 Å². The molecule has 0 bridgehead atoms. The van der Waals surface area contributed by atoms with E-state index in [0.29, 0.717) is 0 Å². The standard InChI is InChI=1S/C18H17BrN2O2/c1-12(17-10-13-4-2-3-5-16(13)23-17)21-18(22)11-20-15-8-6-14(19)7-9-15/h2-10,12,20H,11H2,1H3,(H,21,22)/t12-/m1/s1. The van der Waals surface area contributed by atoms with Crippen LogP contribution in [0.3, 0.4) is 0 Å². The highest BCUT2D eigenvalue weighted by molar-refractivity contribution is 9.10. The van der Waals surface area contributed by atoms with E-state index < -0.39 is 0 Å². The van der Waals surface area contributed by atoms with Gasteiger partial charge in [-0.3, -0.25) is 4.79 Å². The van der Waals surface area contributed by atoms with Crippen LogP contribution in [0, 0.1) is 0 Å². The molecule has 0 unspecified atom stereocenters. The van der Waals surface area contributed by atoms with Gasteiger partial charge in [-0.2, -0.15) is 0 Å². The number of anilines is 1. The summed E-state index contributed by atoms with van der Waals surface area (Å²) in [6.45, 7) is 2.13. The number of rotatable bonds is 5. The predicted octanol–water partition coefficient (Wildman–Crippen LogP) is 4.48. The number of halogens is 1. The highest BCUT2D eigenvalue weighted by Crippen LogP contribution is 2.23. The zero-order chi connectivity index (χ0) is 16.2. The minimum atomic E-state index is -0.179. The monoisotopic (exact) mass is 372 g/mol. The molecule has 1 heterocycles. The van der Waals surface area contributed by atoms with Gasteiger partial charge in [-0.15, -0.1) is 0 Å². The molecule has 0 saturated carbocycles. The molecule has 1 aromatic heterocycles. The lowest BCUT2D eigenvalue weighted by Gasteiger charge is -2.12. The van der Waals surface area contributed by atoms with Gasteiger partial charge < -0.3 is 15.1 Å². The van der Waals surface area contributed by atoms with Crippen LogP contribution in [0.15, 0.2) is 63.5 Å². The number of carbonyl (C=O) groups excluding carboxylic acids is 1. The molecule has 0 spiro atoms. The highest BCUT2D eigenvalue weighted by atomic mass is 79.9. The summed E-state index contributed by atoms with van der Waals surface area (Å²) in [4.78, 5) is 12.1. The molecule has 5 heteroatoms. The first-order chi connectivity index (χ1) is 11.1. The molecule has 1 atom stereocenters. The van der Waals surface area contributed by atoms with E-state index in [4.69, 9.17) is 4.42 Å². The van der Waals surface area contributed by atoms with Crippen molar-refractivity contribution in [3.05, 3.63) is 64.8 Å². The lowest BCUT2D eigenvalue weighted by molar-refractivity contribution is -0.120. The van der Waals surface area contributed by atoms with Crippen molar-refractivity contribution in [2.45, 2.75) is 13.0 Å². The summed E-state index contributed by atoms with van der Waals surface area (Å²) in [7, 11) is 0. The van der Waals surface area contributed by atoms with Crippen LogP contribution in [0.1, 0.15) is 18.7 Å². The van der Waals surface area contributed by atoms with Crippen LogP contribution in [0.4, 0.5) is 5.69 Å². The topological polar surface area (TPSA) is 54.3 Å². The van der Waals surface area contributed by atoms with Crippen LogP contribution in [-0.2, 0) is 4.79 Å². The van der Waals surface area contributed by atoms with E-state index in [1.807, 2.05) is 61.5 Å². The maximum absolute atomic E-state index is 12.1. The van der Waals surface area contributed by atoms with Crippen LogP contribution < -0.4 is 10.6 Å². The molecular weight excluding hydrogens is 356 g/mol. The fourth-order valence-corrected chi connectivity index (χ4v) is 2.59. The molecule has 0 aliphatic carbocycles. The van der Waals surface area contributed by atoms with Crippen molar-refractivity contribution >= 4 is 38.5 Å². The van der Waals surface area contributed by atoms with Gasteiger partial charge in [0, 0.05) is 15.5 Å². The maximum Gasteiger partial charge on any atom is 0.239 e. The van der Waals surface area contributed by atoms with E-state index in [2.05, 4.69) is 26.6 Å². The summed E-state index contributed by atoms with van der Waals surface area (Å²) in [6.07, 6.45) is 0. The number of para-hydroxylation sites is 1. The smallest absolute Gasteiger partial charge is 0.239 e. The number of hydrogen-bond acceptors (Lipinski definition) is 3. The van der Waals surface area contributed by atoms with Crippen LogP contribution >= 0.6 is 15.9 Å². The SMILES string of the molecule is C[C@@H](NC(=O)CNc1ccc(Br)cc1)c1cc2ccccc2o1. The first-order valence-corrected chi connectivity index (χ1v) is 8.18. The Morgan fingerprint density at radius 2 is 1.91 bits per heavy atom. The molecule has 0 saturated heterocycles. The van der Waals surface area contributed by atoms with Gasteiger partial charge in [-0.1, -0.05) is 34.1 Å². The molecule has 2 aromatic carbocycles. The summed E-state index contributed by atoms with van der Waals surface area (Å²) in [5.41, 5.74) is 1.73. The fraction of sp³-hybridized carbons (Fsp3) is 0.167. The zero-order valence-corrected chi connectivity index (χ0v) is 14.3. The molecule has 3 rings (SSSR count). The van der Waals surface area contributed by atoms with Crippen molar-refractivity contribution < 1.29 is 9.21 Å². The summed E-state index contributed by atoms with van der Waals surface area (Å²) in [5.74, 6) is 0.670. The van der Waals surface area contributed by atoms with Crippen LogP contribution in [0.2, 0.25) is 0 Å². The summed E-state index contributed by atoms with van der Waals surface area (Å²) < 4.78 is 6.77. The third kappa shape index (κ3) is 3.93. The molecule has 0 aliphatic rings. The van der Waals surface area contributed by atoms with Crippen LogP contribution in [-0.4, -0.2) is 12.5 Å². The maximum atomic E-state index is 12.1. The average Bonchev–Trinajstić information content (AvgIpc) is 2.98. The Morgan fingerprint density at radius 3 is 2.65 bits per heavy atom. The van der Waals surface area contributed by atoms with E-state index in [-0.39, 0.29) is 18.5 Å². The number of nitrogens with one attached hydrogen (secondary N) is 2. The molecule has 0 fully saturated rings.